The van der Waals surface area contributed by atoms with Gasteiger partial charge in [-0.1, -0.05) is 13.8 Å². The zero-order valence-electron chi connectivity index (χ0n) is 10.9. The Labute approximate surface area is 106 Å². The van der Waals surface area contributed by atoms with E-state index < -0.39 is 11.7 Å². The van der Waals surface area contributed by atoms with Crippen LogP contribution in [0.1, 0.15) is 24.2 Å². The standard InChI is InChI=1S/C13H19FN2O2/c1-13(2,7-15)8-16-12(17)10-5-4-9(18-3)6-11(10)14/h4-6H,7-8,15H2,1-3H3,(H,16,17). The van der Waals surface area contributed by atoms with Crippen molar-refractivity contribution in [1.29, 1.82) is 0 Å². The van der Waals surface area contributed by atoms with Crippen LogP contribution in [0.2, 0.25) is 0 Å². The molecule has 5 heteroatoms. The number of rotatable bonds is 5. The lowest BCUT2D eigenvalue weighted by Gasteiger charge is -2.22. The Morgan fingerprint density at radius 1 is 1.50 bits per heavy atom. The quantitative estimate of drug-likeness (QED) is 0.838. The van der Waals surface area contributed by atoms with Gasteiger partial charge in [-0.05, 0) is 24.1 Å². The molecule has 1 aromatic rings. The maximum Gasteiger partial charge on any atom is 0.254 e. The number of methoxy groups -OCH3 is 1. The number of hydrogen-bond donors (Lipinski definition) is 2. The van der Waals surface area contributed by atoms with Crippen LogP contribution in [0.3, 0.4) is 0 Å². The van der Waals surface area contributed by atoms with E-state index in [0.717, 1.165) is 0 Å². The van der Waals surface area contributed by atoms with E-state index in [4.69, 9.17) is 10.5 Å². The molecule has 100 valence electrons. The van der Waals surface area contributed by atoms with E-state index in [1.807, 2.05) is 13.8 Å². The Bertz CT molecular complexity index is 433. The van der Waals surface area contributed by atoms with Gasteiger partial charge in [0.15, 0.2) is 0 Å². The van der Waals surface area contributed by atoms with Crippen molar-refractivity contribution >= 4 is 5.91 Å². The first-order valence-corrected chi connectivity index (χ1v) is 5.71. The van der Waals surface area contributed by atoms with Gasteiger partial charge < -0.3 is 15.8 Å². The molecule has 0 radical (unpaired) electrons. The van der Waals surface area contributed by atoms with Crippen molar-refractivity contribution in [2.45, 2.75) is 13.8 Å². The second-order valence-corrected chi connectivity index (χ2v) is 4.90. The number of halogens is 1. The van der Waals surface area contributed by atoms with E-state index in [0.29, 0.717) is 18.8 Å². The van der Waals surface area contributed by atoms with Gasteiger partial charge in [0.05, 0.1) is 12.7 Å². The van der Waals surface area contributed by atoms with Gasteiger partial charge in [0.25, 0.3) is 5.91 Å². The summed E-state index contributed by atoms with van der Waals surface area (Å²) in [5.41, 5.74) is 5.35. The maximum atomic E-state index is 13.6. The molecule has 0 atom stereocenters. The number of carbonyl (C=O) groups excluding carboxylic acids is 1. The zero-order chi connectivity index (χ0) is 13.8. The summed E-state index contributed by atoms with van der Waals surface area (Å²) in [5.74, 6) is -0.666. The van der Waals surface area contributed by atoms with Crippen molar-refractivity contribution in [2.24, 2.45) is 11.1 Å². The summed E-state index contributed by atoms with van der Waals surface area (Å²) in [6, 6.07) is 4.13. The Morgan fingerprint density at radius 3 is 2.67 bits per heavy atom. The van der Waals surface area contributed by atoms with E-state index in [1.54, 1.807) is 6.07 Å². The van der Waals surface area contributed by atoms with Gasteiger partial charge in [-0.3, -0.25) is 4.79 Å². The van der Waals surface area contributed by atoms with Gasteiger partial charge in [-0.15, -0.1) is 0 Å². The molecule has 0 unspecified atom stereocenters. The summed E-state index contributed by atoms with van der Waals surface area (Å²) in [6.07, 6.45) is 0. The molecule has 1 aromatic carbocycles. The predicted octanol–water partition coefficient (Wildman–Crippen LogP) is 1.55. The van der Waals surface area contributed by atoms with Gasteiger partial charge in [0, 0.05) is 12.6 Å². The minimum atomic E-state index is -0.600. The maximum absolute atomic E-state index is 13.6. The number of carbonyl (C=O) groups is 1. The van der Waals surface area contributed by atoms with Crippen LogP contribution in [0.5, 0.6) is 5.75 Å². The Kier molecular flexibility index (Phi) is 4.67. The van der Waals surface area contributed by atoms with Crippen LogP contribution >= 0.6 is 0 Å². The minimum absolute atomic E-state index is 0.00335. The second-order valence-electron chi connectivity index (χ2n) is 4.90. The number of nitrogens with two attached hydrogens (primary N) is 1. The molecule has 1 amide bonds. The van der Waals surface area contributed by atoms with Gasteiger partial charge in [0.2, 0.25) is 0 Å². The highest BCUT2D eigenvalue weighted by molar-refractivity contribution is 5.94. The summed E-state index contributed by atoms with van der Waals surface area (Å²) >= 11 is 0. The number of hydrogen-bond acceptors (Lipinski definition) is 3. The van der Waals surface area contributed by atoms with E-state index in [2.05, 4.69) is 5.32 Å². The van der Waals surface area contributed by atoms with Crippen molar-refractivity contribution in [3.8, 4) is 5.75 Å². The molecule has 0 aromatic heterocycles. The van der Waals surface area contributed by atoms with Crippen molar-refractivity contribution in [3.05, 3.63) is 29.6 Å². The molecule has 0 spiro atoms. The number of nitrogens with one attached hydrogen (secondary N) is 1. The largest absolute Gasteiger partial charge is 0.497 e. The van der Waals surface area contributed by atoms with E-state index >= 15 is 0 Å². The SMILES string of the molecule is COc1ccc(C(=O)NCC(C)(C)CN)c(F)c1. The van der Waals surface area contributed by atoms with Gasteiger partial charge in [-0.2, -0.15) is 0 Å². The Balaban J connectivity index is 2.73. The molecule has 0 aliphatic carbocycles. The first-order chi connectivity index (χ1) is 8.39. The van der Waals surface area contributed by atoms with Crippen LogP contribution in [0.15, 0.2) is 18.2 Å². The van der Waals surface area contributed by atoms with E-state index in [-0.39, 0.29) is 11.0 Å². The van der Waals surface area contributed by atoms with Gasteiger partial charge in [0.1, 0.15) is 11.6 Å². The van der Waals surface area contributed by atoms with Crippen molar-refractivity contribution in [3.63, 3.8) is 0 Å². The molecule has 18 heavy (non-hydrogen) atoms. The molecule has 0 saturated carbocycles. The molecule has 1 rings (SSSR count). The summed E-state index contributed by atoms with van der Waals surface area (Å²) in [5, 5.41) is 2.67. The highest BCUT2D eigenvalue weighted by Gasteiger charge is 2.18. The van der Waals surface area contributed by atoms with Crippen molar-refractivity contribution in [1.82, 2.24) is 5.32 Å². The zero-order valence-corrected chi connectivity index (χ0v) is 10.9. The molecule has 0 bridgehead atoms. The number of benzene rings is 1. The normalized spacial score (nSPS) is 11.2. The predicted molar refractivity (Wildman–Crippen MR) is 68.1 cm³/mol. The molecule has 0 heterocycles. The average Bonchev–Trinajstić information content (AvgIpc) is 2.36. The molecule has 3 N–H and O–H groups in total. The summed E-state index contributed by atoms with van der Waals surface area (Å²) < 4.78 is 18.5. The number of ether oxygens (including phenoxy) is 1. The summed E-state index contributed by atoms with van der Waals surface area (Å²) in [7, 11) is 1.44. The molecule has 0 saturated heterocycles. The van der Waals surface area contributed by atoms with Crippen LogP contribution in [-0.4, -0.2) is 26.1 Å². The topological polar surface area (TPSA) is 64.3 Å². The molecule has 0 fully saturated rings. The smallest absolute Gasteiger partial charge is 0.254 e. The first-order valence-electron chi connectivity index (χ1n) is 5.71. The highest BCUT2D eigenvalue weighted by atomic mass is 19.1. The average molecular weight is 254 g/mol. The Morgan fingerprint density at radius 2 is 2.17 bits per heavy atom. The fourth-order valence-corrected chi connectivity index (χ4v) is 1.29. The van der Waals surface area contributed by atoms with E-state index in [9.17, 15) is 9.18 Å². The van der Waals surface area contributed by atoms with Crippen LogP contribution < -0.4 is 15.8 Å². The summed E-state index contributed by atoms with van der Waals surface area (Å²) in [4.78, 5) is 11.8. The lowest BCUT2D eigenvalue weighted by molar-refractivity contribution is 0.0934. The van der Waals surface area contributed by atoms with Gasteiger partial charge in [-0.25, -0.2) is 4.39 Å². The minimum Gasteiger partial charge on any atom is -0.497 e. The van der Waals surface area contributed by atoms with E-state index in [1.165, 1.54) is 19.2 Å². The third kappa shape index (κ3) is 3.70. The highest BCUT2D eigenvalue weighted by Crippen LogP contribution is 2.17. The molecular formula is C13H19FN2O2. The molecular weight excluding hydrogens is 235 g/mol. The van der Waals surface area contributed by atoms with Crippen LogP contribution in [0.4, 0.5) is 4.39 Å². The molecule has 4 nitrogen and oxygen atoms in total. The monoisotopic (exact) mass is 254 g/mol. The van der Waals surface area contributed by atoms with Crippen LogP contribution in [-0.2, 0) is 0 Å². The lowest BCUT2D eigenvalue weighted by atomic mass is 9.94. The summed E-state index contributed by atoms with van der Waals surface area (Å²) in [6.45, 7) is 4.70. The van der Waals surface area contributed by atoms with Crippen LogP contribution in [0, 0.1) is 11.2 Å². The van der Waals surface area contributed by atoms with Gasteiger partial charge >= 0.3 is 0 Å². The fraction of sp³-hybridized carbons (Fsp3) is 0.462. The fourth-order valence-electron chi connectivity index (χ4n) is 1.29. The van der Waals surface area contributed by atoms with Crippen molar-refractivity contribution in [2.75, 3.05) is 20.2 Å². The Hall–Kier alpha value is -1.62. The van der Waals surface area contributed by atoms with Crippen molar-refractivity contribution < 1.29 is 13.9 Å². The second kappa shape index (κ2) is 5.82. The molecule has 0 aliphatic heterocycles. The van der Waals surface area contributed by atoms with Crippen LogP contribution in [0.25, 0.3) is 0 Å². The third-order valence-electron chi connectivity index (χ3n) is 2.70. The molecule has 0 aliphatic rings. The third-order valence-corrected chi connectivity index (χ3v) is 2.70. The first kappa shape index (κ1) is 14.4. The number of amides is 1. The lowest BCUT2D eigenvalue weighted by Crippen LogP contribution is -2.38.